The Labute approximate surface area is 134 Å². The molecule has 0 saturated heterocycles. The zero-order valence-corrected chi connectivity index (χ0v) is 13.9. The highest BCUT2D eigenvalue weighted by atomic mass is 16.1. The second-order valence-corrected chi connectivity index (χ2v) is 8.59. The van der Waals surface area contributed by atoms with Gasteiger partial charge < -0.3 is 0 Å². The van der Waals surface area contributed by atoms with Gasteiger partial charge in [-0.25, -0.2) is 0 Å². The Morgan fingerprint density at radius 1 is 0.636 bits per heavy atom. The summed E-state index contributed by atoms with van der Waals surface area (Å²) in [6.07, 6.45) is 11.4. The molecule has 4 saturated carbocycles. The van der Waals surface area contributed by atoms with Crippen LogP contribution in [-0.4, -0.2) is 11.6 Å². The van der Waals surface area contributed by atoms with Gasteiger partial charge in [-0.1, -0.05) is 13.3 Å². The average molecular weight is 302 g/mol. The summed E-state index contributed by atoms with van der Waals surface area (Å²) in [4.78, 5) is 24.5. The number of carbonyl (C=O) groups is 2. The number of ketones is 2. The second kappa shape index (κ2) is 5.76. The number of hydrogen-bond donors (Lipinski definition) is 0. The van der Waals surface area contributed by atoms with Crippen LogP contribution in [0.25, 0.3) is 0 Å². The lowest BCUT2D eigenvalue weighted by atomic mass is 9.51. The third kappa shape index (κ3) is 2.29. The molecule has 0 aromatic carbocycles. The molecule has 0 spiro atoms. The summed E-state index contributed by atoms with van der Waals surface area (Å²) in [5.41, 5.74) is 0. The van der Waals surface area contributed by atoms with Crippen molar-refractivity contribution in [3.63, 3.8) is 0 Å². The van der Waals surface area contributed by atoms with Crippen LogP contribution in [-0.2, 0) is 9.59 Å². The maximum Gasteiger partial charge on any atom is 0.136 e. The first kappa shape index (κ1) is 14.9. The highest BCUT2D eigenvalue weighted by molar-refractivity contribution is 5.82. The molecule has 0 N–H and O–H groups in total. The van der Waals surface area contributed by atoms with Crippen molar-refractivity contribution >= 4 is 11.6 Å². The van der Waals surface area contributed by atoms with Crippen molar-refractivity contribution in [2.75, 3.05) is 0 Å². The zero-order chi connectivity index (χ0) is 15.3. The van der Waals surface area contributed by atoms with Crippen molar-refractivity contribution in [2.45, 2.75) is 71.1 Å². The standard InChI is InChI=1S/C20H30O2/c1-12-13-6-7-16-14-4-2-3-5-20(22)18(14)9-8-17(16)15(13)10-11-19(12)21/h12-18H,2-11H2,1H3. The molecule has 0 heterocycles. The SMILES string of the molecule is CC1C(=O)CCC2C1CCC1C3CCCCC(=O)C3CCC21. The summed E-state index contributed by atoms with van der Waals surface area (Å²) < 4.78 is 0. The Morgan fingerprint density at radius 2 is 1.32 bits per heavy atom. The molecule has 0 aromatic rings. The topological polar surface area (TPSA) is 34.1 Å². The Kier molecular flexibility index (Phi) is 3.90. The quantitative estimate of drug-likeness (QED) is 0.664. The average Bonchev–Trinajstić information content (AvgIpc) is 2.72. The van der Waals surface area contributed by atoms with E-state index in [4.69, 9.17) is 0 Å². The summed E-state index contributed by atoms with van der Waals surface area (Å²) in [5.74, 6) is 5.52. The fourth-order valence-corrected chi connectivity index (χ4v) is 6.80. The van der Waals surface area contributed by atoms with E-state index in [0.717, 1.165) is 49.9 Å². The molecule has 7 unspecified atom stereocenters. The molecule has 122 valence electrons. The van der Waals surface area contributed by atoms with E-state index in [9.17, 15) is 9.59 Å². The molecule has 7 atom stereocenters. The van der Waals surface area contributed by atoms with Gasteiger partial charge >= 0.3 is 0 Å². The van der Waals surface area contributed by atoms with Gasteiger partial charge in [-0.05, 0) is 74.5 Å². The van der Waals surface area contributed by atoms with Crippen molar-refractivity contribution in [1.29, 1.82) is 0 Å². The van der Waals surface area contributed by atoms with E-state index < -0.39 is 0 Å². The Hall–Kier alpha value is -0.660. The third-order valence-corrected chi connectivity index (χ3v) is 7.86. The van der Waals surface area contributed by atoms with Gasteiger partial charge in [-0.15, -0.1) is 0 Å². The van der Waals surface area contributed by atoms with E-state index in [-0.39, 0.29) is 0 Å². The van der Waals surface area contributed by atoms with E-state index in [1.807, 2.05) is 0 Å². The lowest BCUT2D eigenvalue weighted by Crippen LogP contribution is -2.48. The molecule has 2 heteroatoms. The molecule has 4 aliphatic rings. The van der Waals surface area contributed by atoms with Gasteiger partial charge in [-0.2, -0.15) is 0 Å². The number of rotatable bonds is 0. The lowest BCUT2D eigenvalue weighted by Gasteiger charge is -2.53. The van der Waals surface area contributed by atoms with Crippen LogP contribution >= 0.6 is 0 Å². The van der Waals surface area contributed by atoms with Crippen molar-refractivity contribution in [1.82, 2.24) is 0 Å². The monoisotopic (exact) mass is 302 g/mol. The molecule has 2 nitrogen and oxygen atoms in total. The van der Waals surface area contributed by atoms with E-state index >= 15 is 0 Å². The first-order valence-electron chi connectivity index (χ1n) is 9.72. The molecule has 22 heavy (non-hydrogen) atoms. The summed E-state index contributed by atoms with van der Waals surface area (Å²) in [7, 11) is 0. The Bertz CT molecular complexity index is 468. The van der Waals surface area contributed by atoms with Crippen molar-refractivity contribution < 1.29 is 9.59 Å². The predicted octanol–water partition coefficient (Wildman–Crippen LogP) is 4.41. The molecule has 0 aromatic heterocycles. The number of hydrogen-bond acceptors (Lipinski definition) is 2. The number of Topliss-reactive ketones (excluding diaryl/α,β-unsaturated/α-hetero) is 2. The molecule has 0 aliphatic heterocycles. The first-order valence-corrected chi connectivity index (χ1v) is 9.72. The van der Waals surface area contributed by atoms with Gasteiger partial charge in [0, 0.05) is 24.7 Å². The van der Waals surface area contributed by atoms with Crippen LogP contribution in [0.5, 0.6) is 0 Å². The molecule has 4 fully saturated rings. The highest BCUT2D eigenvalue weighted by Crippen LogP contribution is 2.56. The minimum absolute atomic E-state index is 0.299. The minimum atomic E-state index is 0.299. The molecule has 4 aliphatic carbocycles. The van der Waals surface area contributed by atoms with E-state index in [1.165, 1.54) is 32.1 Å². The smallest absolute Gasteiger partial charge is 0.136 e. The summed E-state index contributed by atoms with van der Waals surface area (Å²) in [6.45, 7) is 2.18. The Morgan fingerprint density at radius 3 is 2.18 bits per heavy atom. The van der Waals surface area contributed by atoms with Crippen LogP contribution in [0.4, 0.5) is 0 Å². The minimum Gasteiger partial charge on any atom is -0.299 e. The molecule has 0 bridgehead atoms. The molecule has 0 radical (unpaired) electrons. The van der Waals surface area contributed by atoms with E-state index in [0.29, 0.717) is 35.2 Å². The van der Waals surface area contributed by atoms with E-state index in [2.05, 4.69) is 6.92 Å². The summed E-state index contributed by atoms with van der Waals surface area (Å²) in [6, 6.07) is 0. The largest absolute Gasteiger partial charge is 0.299 e. The van der Waals surface area contributed by atoms with Gasteiger partial charge in [-0.3, -0.25) is 9.59 Å². The van der Waals surface area contributed by atoms with Crippen LogP contribution in [0.1, 0.15) is 71.1 Å². The van der Waals surface area contributed by atoms with Gasteiger partial charge in [0.15, 0.2) is 0 Å². The first-order chi connectivity index (χ1) is 10.7. The van der Waals surface area contributed by atoms with Crippen molar-refractivity contribution in [3.05, 3.63) is 0 Å². The molecular weight excluding hydrogens is 272 g/mol. The van der Waals surface area contributed by atoms with E-state index in [1.54, 1.807) is 0 Å². The summed E-state index contributed by atoms with van der Waals surface area (Å²) in [5, 5.41) is 0. The van der Waals surface area contributed by atoms with Crippen molar-refractivity contribution in [2.24, 2.45) is 41.4 Å². The maximum absolute atomic E-state index is 12.5. The second-order valence-electron chi connectivity index (χ2n) is 8.59. The zero-order valence-electron chi connectivity index (χ0n) is 13.9. The van der Waals surface area contributed by atoms with Gasteiger partial charge in [0.25, 0.3) is 0 Å². The van der Waals surface area contributed by atoms with Gasteiger partial charge in [0.1, 0.15) is 11.6 Å². The van der Waals surface area contributed by atoms with Crippen LogP contribution in [0.2, 0.25) is 0 Å². The normalized spacial score (nSPS) is 48.9. The van der Waals surface area contributed by atoms with Gasteiger partial charge in [0.2, 0.25) is 0 Å². The fourth-order valence-electron chi connectivity index (χ4n) is 6.80. The summed E-state index contributed by atoms with van der Waals surface area (Å²) >= 11 is 0. The van der Waals surface area contributed by atoms with Crippen LogP contribution < -0.4 is 0 Å². The number of fused-ring (bicyclic) bond motifs is 5. The number of carbonyl (C=O) groups excluding carboxylic acids is 2. The predicted molar refractivity (Wildman–Crippen MR) is 86.3 cm³/mol. The highest BCUT2D eigenvalue weighted by Gasteiger charge is 2.51. The third-order valence-electron chi connectivity index (χ3n) is 7.86. The molecule has 4 rings (SSSR count). The Balaban J connectivity index is 1.57. The van der Waals surface area contributed by atoms with Crippen LogP contribution in [0, 0.1) is 41.4 Å². The lowest BCUT2D eigenvalue weighted by molar-refractivity contribution is -0.135. The maximum atomic E-state index is 12.5. The molecule has 0 amide bonds. The van der Waals surface area contributed by atoms with Crippen LogP contribution in [0.15, 0.2) is 0 Å². The van der Waals surface area contributed by atoms with Crippen molar-refractivity contribution in [3.8, 4) is 0 Å². The van der Waals surface area contributed by atoms with Gasteiger partial charge in [0.05, 0.1) is 0 Å². The fraction of sp³-hybridized carbons (Fsp3) is 0.900. The van der Waals surface area contributed by atoms with Crippen LogP contribution in [0.3, 0.4) is 0 Å². The molecular formula is C20H30O2.